The molecule has 0 radical (unpaired) electrons. The van der Waals surface area contributed by atoms with Gasteiger partial charge in [0.05, 0.1) is 0 Å². The Morgan fingerprint density at radius 2 is 1.50 bits per heavy atom. The summed E-state index contributed by atoms with van der Waals surface area (Å²) in [5.74, 6) is 0. The van der Waals surface area contributed by atoms with Crippen LogP contribution in [0.2, 0.25) is 0 Å². The van der Waals surface area contributed by atoms with E-state index in [1.807, 2.05) is 30.3 Å². The molecule has 3 aromatic carbocycles. The van der Waals surface area contributed by atoms with Crippen molar-refractivity contribution < 1.29 is 10.2 Å². The Morgan fingerprint density at radius 3 is 2.36 bits per heavy atom. The lowest BCUT2D eigenvalue weighted by Gasteiger charge is -2.26. The first-order valence-corrected chi connectivity index (χ1v) is 7.49. The molecule has 3 aromatic rings. The van der Waals surface area contributed by atoms with Crippen LogP contribution < -0.4 is 0 Å². The van der Waals surface area contributed by atoms with E-state index in [0.29, 0.717) is 0 Å². The Hall–Kier alpha value is -2.42. The minimum atomic E-state index is -0.877. The van der Waals surface area contributed by atoms with E-state index < -0.39 is 12.2 Å². The van der Waals surface area contributed by atoms with Gasteiger partial charge in [-0.1, -0.05) is 48.5 Å². The van der Waals surface area contributed by atoms with Crippen LogP contribution in [0.15, 0.2) is 60.7 Å². The fourth-order valence-electron chi connectivity index (χ4n) is 3.88. The Kier molecular flexibility index (Phi) is 2.25. The maximum Gasteiger partial charge on any atom is 0.110 e. The maximum absolute atomic E-state index is 10.6. The molecule has 0 fully saturated rings. The molecule has 0 saturated heterocycles. The van der Waals surface area contributed by atoms with Crippen LogP contribution in [0, 0.1) is 0 Å². The van der Waals surface area contributed by atoms with Gasteiger partial charge in [0.25, 0.3) is 0 Å². The van der Waals surface area contributed by atoms with Crippen LogP contribution in [0.1, 0.15) is 22.8 Å². The van der Waals surface area contributed by atoms with Crippen molar-refractivity contribution in [3.8, 4) is 11.1 Å². The summed E-state index contributed by atoms with van der Waals surface area (Å²) >= 11 is 0. The van der Waals surface area contributed by atoms with E-state index >= 15 is 0 Å². The van der Waals surface area contributed by atoms with Crippen molar-refractivity contribution in [1.82, 2.24) is 0 Å². The van der Waals surface area contributed by atoms with E-state index in [0.717, 1.165) is 38.6 Å². The number of rotatable bonds is 0. The van der Waals surface area contributed by atoms with Gasteiger partial charge in [-0.25, -0.2) is 0 Å². The zero-order chi connectivity index (χ0) is 14.8. The third-order valence-corrected chi connectivity index (χ3v) is 4.82. The van der Waals surface area contributed by atoms with Crippen molar-refractivity contribution in [2.24, 2.45) is 0 Å². The molecule has 0 bridgehead atoms. The predicted octanol–water partition coefficient (Wildman–Crippen LogP) is 3.66. The quantitative estimate of drug-likeness (QED) is 0.518. The molecular formula is C20H14O2. The molecule has 0 aliphatic heterocycles. The molecule has 2 nitrogen and oxygen atoms in total. The zero-order valence-corrected chi connectivity index (χ0v) is 11.8. The van der Waals surface area contributed by atoms with Gasteiger partial charge in [-0.05, 0) is 56.3 Å². The summed E-state index contributed by atoms with van der Waals surface area (Å²) in [6.45, 7) is 0. The van der Waals surface area contributed by atoms with Crippen molar-refractivity contribution in [2.45, 2.75) is 12.2 Å². The lowest BCUT2D eigenvalue weighted by Crippen LogP contribution is -2.21. The number of aliphatic hydroxyl groups is 2. The van der Waals surface area contributed by atoms with E-state index in [4.69, 9.17) is 0 Å². The highest BCUT2D eigenvalue weighted by Crippen LogP contribution is 2.52. The van der Waals surface area contributed by atoms with E-state index in [1.54, 1.807) is 6.08 Å². The normalized spacial score (nSPS) is 21.5. The largest absolute Gasteiger partial charge is 0.386 e. The summed E-state index contributed by atoms with van der Waals surface area (Å²) in [5, 5.41) is 23.0. The molecule has 0 spiro atoms. The molecule has 0 aromatic heterocycles. The minimum Gasteiger partial charge on any atom is -0.386 e. The predicted molar refractivity (Wildman–Crippen MR) is 87.4 cm³/mol. The molecule has 0 heterocycles. The molecule has 106 valence electrons. The summed E-state index contributed by atoms with van der Waals surface area (Å²) in [5.41, 5.74) is 6.45. The van der Waals surface area contributed by atoms with Gasteiger partial charge in [0.2, 0.25) is 0 Å². The topological polar surface area (TPSA) is 40.5 Å². The van der Waals surface area contributed by atoms with Crippen LogP contribution in [0.5, 0.6) is 0 Å². The van der Waals surface area contributed by atoms with E-state index in [2.05, 4.69) is 24.3 Å². The lowest BCUT2D eigenvalue weighted by molar-refractivity contribution is 0.0477. The van der Waals surface area contributed by atoms with E-state index in [9.17, 15) is 10.2 Å². The summed E-state index contributed by atoms with van der Waals surface area (Å²) in [6.07, 6.45) is 0.0436. The molecule has 0 unspecified atom stereocenters. The number of fused-ring (bicyclic) bond motifs is 5. The van der Waals surface area contributed by atoms with Crippen molar-refractivity contribution in [3.63, 3.8) is 0 Å². The summed E-state index contributed by atoms with van der Waals surface area (Å²) < 4.78 is 0. The SMILES string of the molecule is O[C@@H]1C=C2c3ccccc3-c3cc4ccccc4c(c32)[C@H]1O. The second kappa shape index (κ2) is 4.07. The van der Waals surface area contributed by atoms with Gasteiger partial charge in [-0.2, -0.15) is 0 Å². The second-order valence-corrected chi connectivity index (χ2v) is 6.00. The first-order valence-electron chi connectivity index (χ1n) is 7.49. The second-order valence-electron chi connectivity index (χ2n) is 6.00. The Balaban J connectivity index is 2.02. The standard InChI is InChI=1S/C20H14O2/c21-17-10-16-14-8-4-3-7-13(14)15-9-11-5-1-2-6-12(11)19(18(15)16)20(17)22/h1-10,17,20-22H/t17-,20+/m1/s1. The fraction of sp³-hybridized carbons (Fsp3) is 0.100. The highest BCUT2D eigenvalue weighted by Gasteiger charge is 2.35. The summed E-state index contributed by atoms with van der Waals surface area (Å²) in [6, 6.07) is 18.5. The van der Waals surface area contributed by atoms with Crippen LogP contribution in [-0.4, -0.2) is 16.3 Å². The van der Waals surface area contributed by atoms with E-state index in [-0.39, 0.29) is 0 Å². The maximum atomic E-state index is 10.6. The number of hydrogen-bond donors (Lipinski definition) is 2. The first kappa shape index (κ1) is 12.2. The monoisotopic (exact) mass is 286 g/mol. The third-order valence-electron chi connectivity index (χ3n) is 4.82. The van der Waals surface area contributed by atoms with Crippen LogP contribution in [0.3, 0.4) is 0 Å². The van der Waals surface area contributed by atoms with Gasteiger partial charge in [-0.15, -0.1) is 0 Å². The number of aliphatic hydroxyl groups excluding tert-OH is 2. The zero-order valence-electron chi connectivity index (χ0n) is 11.8. The third kappa shape index (κ3) is 1.36. The molecule has 0 amide bonds. The Morgan fingerprint density at radius 1 is 0.773 bits per heavy atom. The Bertz CT molecular complexity index is 969. The average molecular weight is 286 g/mol. The molecule has 2 N–H and O–H groups in total. The van der Waals surface area contributed by atoms with Crippen LogP contribution in [-0.2, 0) is 0 Å². The molecule has 0 saturated carbocycles. The van der Waals surface area contributed by atoms with Crippen LogP contribution in [0.25, 0.3) is 27.5 Å². The van der Waals surface area contributed by atoms with Crippen molar-refractivity contribution >= 4 is 16.3 Å². The fourth-order valence-corrected chi connectivity index (χ4v) is 3.88. The van der Waals surface area contributed by atoms with E-state index in [1.165, 1.54) is 5.56 Å². The number of hydrogen-bond acceptors (Lipinski definition) is 2. The van der Waals surface area contributed by atoms with Crippen molar-refractivity contribution in [3.05, 3.63) is 77.4 Å². The smallest absolute Gasteiger partial charge is 0.110 e. The van der Waals surface area contributed by atoms with Gasteiger partial charge < -0.3 is 10.2 Å². The molecule has 2 aliphatic carbocycles. The molecule has 2 aliphatic rings. The van der Waals surface area contributed by atoms with Gasteiger partial charge in [0, 0.05) is 0 Å². The molecular weight excluding hydrogens is 272 g/mol. The molecule has 5 rings (SSSR count). The van der Waals surface area contributed by atoms with Crippen LogP contribution >= 0.6 is 0 Å². The first-order chi connectivity index (χ1) is 10.8. The average Bonchev–Trinajstić information content (AvgIpc) is 2.86. The van der Waals surface area contributed by atoms with Gasteiger partial charge in [0.1, 0.15) is 12.2 Å². The van der Waals surface area contributed by atoms with Crippen LogP contribution in [0.4, 0.5) is 0 Å². The molecule has 2 heteroatoms. The minimum absolute atomic E-state index is 0.856. The van der Waals surface area contributed by atoms with Crippen molar-refractivity contribution in [1.29, 1.82) is 0 Å². The lowest BCUT2D eigenvalue weighted by atomic mass is 9.83. The number of benzene rings is 3. The summed E-state index contributed by atoms with van der Waals surface area (Å²) in [4.78, 5) is 0. The van der Waals surface area contributed by atoms with Gasteiger partial charge >= 0.3 is 0 Å². The Labute approximate surface area is 128 Å². The summed E-state index contributed by atoms with van der Waals surface area (Å²) in [7, 11) is 0. The molecule has 22 heavy (non-hydrogen) atoms. The molecule has 2 atom stereocenters. The van der Waals surface area contributed by atoms with Crippen molar-refractivity contribution in [2.75, 3.05) is 0 Å². The highest BCUT2D eigenvalue weighted by atomic mass is 16.3. The van der Waals surface area contributed by atoms with Gasteiger partial charge in [-0.3, -0.25) is 0 Å². The highest BCUT2D eigenvalue weighted by molar-refractivity contribution is 6.08. The van der Waals surface area contributed by atoms with Gasteiger partial charge in [0.15, 0.2) is 0 Å².